The number of hydrogen-bond donors (Lipinski definition) is 3. The molecule has 0 bridgehead atoms. The summed E-state index contributed by atoms with van der Waals surface area (Å²) in [6, 6.07) is 19.1. The number of nitrogens with zero attached hydrogens (tertiary/aromatic N) is 2. The Morgan fingerprint density at radius 3 is 2.68 bits per heavy atom. The Kier molecular flexibility index (Phi) is 5.93. The van der Waals surface area contributed by atoms with Gasteiger partial charge < -0.3 is 20.9 Å². The largest absolute Gasteiger partial charge is 0.399 e. The monoisotopic (exact) mass is 415 g/mol. The first-order valence-electron chi connectivity index (χ1n) is 9.87. The van der Waals surface area contributed by atoms with Crippen molar-refractivity contribution in [3.05, 3.63) is 102 Å². The number of hydrogen-bond acceptors (Lipinski definition) is 4. The highest BCUT2D eigenvalue weighted by atomic mass is 19.1. The molecule has 2 aromatic carbocycles. The molecular weight excluding hydrogens is 393 g/mol. The molecule has 0 aliphatic rings. The van der Waals surface area contributed by atoms with Gasteiger partial charge in [-0.25, -0.2) is 9.37 Å². The zero-order valence-corrected chi connectivity index (χ0v) is 16.8. The van der Waals surface area contributed by atoms with Gasteiger partial charge in [-0.1, -0.05) is 18.2 Å². The maximum absolute atomic E-state index is 13.1. The molecule has 0 radical (unpaired) electrons. The fourth-order valence-corrected chi connectivity index (χ4v) is 3.20. The van der Waals surface area contributed by atoms with Crippen molar-refractivity contribution in [3.63, 3.8) is 0 Å². The van der Waals surface area contributed by atoms with Crippen molar-refractivity contribution in [3.8, 4) is 5.69 Å². The number of para-hydroxylation sites is 1. The van der Waals surface area contributed by atoms with Crippen molar-refractivity contribution in [2.75, 3.05) is 17.6 Å². The van der Waals surface area contributed by atoms with E-state index in [1.165, 1.54) is 12.1 Å². The number of rotatable bonds is 7. The molecule has 0 unspecified atom stereocenters. The van der Waals surface area contributed by atoms with Crippen molar-refractivity contribution in [2.45, 2.75) is 6.42 Å². The summed E-state index contributed by atoms with van der Waals surface area (Å²) in [6.45, 7) is 0.499. The molecule has 0 atom stereocenters. The highest BCUT2D eigenvalue weighted by molar-refractivity contribution is 5.94. The van der Waals surface area contributed by atoms with E-state index in [1.807, 2.05) is 47.2 Å². The van der Waals surface area contributed by atoms with Gasteiger partial charge in [0, 0.05) is 42.6 Å². The number of nitrogens with one attached hydrogen (secondary N) is 2. The minimum Gasteiger partial charge on any atom is -0.399 e. The standard InChI is InChI=1S/C24H22FN5O/c25-19-5-7-20(8-6-19)29-23-15-21(10-13-27-23)30-14-11-18(16-30)24(31)28-12-9-17-3-1-2-4-22(17)26/h1-8,10-11,13-16H,9,12,26H2,(H,27,29)(H,28,31). The lowest BCUT2D eigenvalue weighted by Crippen LogP contribution is -2.25. The molecule has 4 N–H and O–H groups in total. The zero-order valence-electron chi connectivity index (χ0n) is 16.8. The van der Waals surface area contributed by atoms with E-state index < -0.39 is 0 Å². The van der Waals surface area contributed by atoms with Crippen LogP contribution in [-0.4, -0.2) is 22.0 Å². The van der Waals surface area contributed by atoms with Gasteiger partial charge in [-0.2, -0.15) is 0 Å². The van der Waals surface area contributed by atoms with Crippen molar-refractivity contribution < 1.29 is 9.18 Å². The van der Waals surface area contributed by atoms with Crippen LogP contribution in [-0.2, 0) is 6.42 Å². The average Bonchev–Trinajstić information content (AvgIpc) is 3.27. The summed E-state index contributed by atoms with van der Waals surface area (Å²) >= 11 is 0. The molecule has 0 aliphatic heterocycles. The average molecular weight is 415 g/mol. The third kappa shape index (κ3) is 5.08. The molecule has 4 rings (SSSR count). The van der Waals surface area contributed by atoms with Gasteiger partial charge in [-0.05, 0) is 54.4 Å². The number of carbonyl (C=O) groups excluding carboxylic acids is 1. The number of aromatic nitrogens is 2. The minimum atomic E-state index is -0.294. The van der Waals surface area contributed by atoms with Crippen molar-refractivity contribution in [1.82, 2.24) is 14.9 Å². The number of nitrogens with two attached hydrogens (primary N) is 1. The van der Waals surface area contributed by atoms with Gasteiger partial charge in [-0.3, -0.25) is 4.79 Å². The quantitative estimate of drug-likeness (QED) is 0.393. The third-order valence-corrected chi connectivity index (χ3v) is 4.85. The molecule has 7 heteroatoms. The molecule has 2 aromatic heterocycles. The summed E-state index contributed by atoms with van der Waals surface area (Å²) in [5.74, 6) is 0.175. The van der Waals surface area contributed by atoms with Gasteiger partial charge >= 0.3 is 0 Å². The van der Waals surface area contributed by atoms with Crippen LogP contribution in [0.1, 0.15) is 15.9 Å². The van der Waals surface area contributed by atoms with Gasteiger partial charge in [0.25, 0.3) is 5.91 Å². The van der Waals surface area contributed by atoms with E-state index in [2.05, 4.69) is 15.6 Å². The van der Waals surface area contributed by atoms with Crippen LogP contribution in [0.25, 0.3) is 5.69 Å². The minimum absolute atomic E-state index is 0.146. The normalized spacial score (nSPS) is 10.6. The molecule has 6 nitrogen and oxygen atoms in total. The lowest BCUT2D eigenvalue weighted by molar-refractivity contribution is 0.0954. The van der Waals surface area contributed by atoms with E-state index in [4.69, 9.17) is 5.73 Å². The van der Waals surface area contributed by atoms with E-state index in [0.29, 0.717) is 24.3 Å². The van der Waals surface area contributed by atoms with E-state index in [1.54, 1.807) is 30.6 Å². The van der Waals surface area contributed by atoms with Crippen LogP contribution in [0.15, 0.2) is 85.3 Å². The van der Waals surface area contributed by atoms with E-state index in [-0.39, 0.29) is 11.7 Å². The predicted octanol–water partition coefficient (Wildman–Crippen LogP) is 4.31. The predicted molar refractivity (Wildman–Crippen MR) is 120 cm³/mol. The van der Waals surface area contributed by atoms with Gasteiger partial charge in [0.2, 0.25) is 0 Å². The highest BCUT2D eigenvalue weighted by Gasteiger charge is 2.09. The molecular formula is C24H22FN5O. The van der Waals surface area contributed by atoms with Gasteiger partial charge in [-0.15, -0.1) is 0 Å². The summed E-state index contributed by atoms with van der Waals surface area (Å²) in [5, 5.41) is 6.06. The van der Waals surface area contributed by atoms with Crippen LogP contribution in [0, 0.1) is 5.82 Å². The lowest BCUT2D eigenvalue weighted by Gasteiger charge is -2.08. The number of amides is 1. The van der Waals surface area contributed by atoms with Crippen molar-refractivity contribution >= 4 is 23.1 Å². The first-order valence-corrected chi connectivity index (χ1v) is 9.87. The molecule has 0 fully saturated rings. The first-order chi connectivity index (χ1) is 15.1. The zero-order chi connectivity index (χ0) is 21.6. The SMILES string of the molecule is Nc1ccccc1CCNC(=O)c1ccn(-c2ccnc(Nc3ccc(F)cc3)c2)c1. The Hall–Kier alpha value is -4.13. The molecule has 0 aliphatic carbocycles. The summed E-state index contributed by atoms with van der Waals surface area (Å²) in [5.41, 5.74) is 9.82. The highest BCUT2D eigenvalue weighted by Crippen LogP contribution is 2.18. The number of carbonyl (C=O) groups is 1. The smallest absolute Gasteiger partial charge is 0.252 e. The van der Waals surface area contributed by atoms with Gasteiger partial charge in [0.15, 0.2) is 0 Å². The van der Waals surface area contributed by atoms with E-state index >= 15 is 0 Å². The maximum Gasteiger partial charge on any atom is 0.252 e. The van der Waals surface area contributed by atoms with Gasteiger partial charge in [0.1, 0.15) is 11.6 Å². The van der Waals surface area contributed by atoms with E-state index in [9.17, 15) is 9.18 Å². The topological polar surface area (TPSA) is 85.0 Å². The molecule has 1 amide bonds. The Morgan fingerprint density at radius 2 is 1.87 bits per heavy atom. The van der Waals surface area contributed by atoms with Crippen LogP contribution in [0.5, 0.6) is 0 Å². The summed E-state index contributed by atoms with van der Waals surface area (Å²) in [6.07, 6.45) is 5.93. The first kappa shape index (κ1) is 20.2. The summed E-state index contributed by atoms with van der Waals surface area (Å²) in [7, 11) is 0. The van der Waals surface area contributed by atoms with Crippen LogP contribution in [0.3, 0.4) is 0 Å². The number of anilines is 3. The molecule has 0 spiro atoms. The van der Waals surface area contributed by atoms with Crippen LogP contribution >= 0.6 is 0 Å². The van der Waals surface area contributed by atoms with Crippen LogP contribution in [0.4, 0.5) is 21.6 Å². The molecule has 156 valence electrons. The Labute approximate surface area is 179 Å². The van der Waals surface area contributed by atoms with Crippen LogP contribution < -0.4 is 16.4 Å². The van der Waals surface area contributed by atoms with Gasteiger partial charge in [0.05, 0.1) is 11.3 Å². The Morgan fingerprint density at radius 1 is 1.06 bits per heavy atom. The number of pyridine rings is 1. The number of benzene rings is 2. The fourth-order valence-electron chi connectivity index (χ4n) is 3.20. The van der Waals surface area contributed by atoms with E-state index in [0.717, 1.165) is 22.6 Å². The molecule has 4 aromatic rings. The molecule has 31 heavy (non-hydrogen) atoms. The second kappa shape index (κ2) is 9.13. The fraction of sp³-hybridized carbons (Fsp3) is 0.0833. The third-order valence-electron chi connectivity index (χ3n) is 4.85. The van der Waals surface area contributed by atoms with Crippen molar-refractivity contribution in [2.24, 2.45) is 0 Å². The molecule has 2 heterocycles. The van der Waals surface area contributed by atoms with Crippen LogP contribution in [0.2, 0.25) is 0 Å². The summed E-state index contributed by atoms with van der Waals surface area (Å²) in [4.78, 5) is 16.8. The maximum atomic E-state index is 13.1. The Balaban J connectivity index is 1.39. The second-order valence-electron chi connectivity index (χ2n) is 7.04. The Bertz CT molecular complexity index is 1190. The number of halogens is 1. The molecule has 0 saturated carbocycles. The number of nitrogen functional groups attached to an aromatic ring is 1. The summed E-state index contributed by atoms with van der Waals surface area (Å²) < 4.78 is 14.9. The molecule has 0 saturated heterocycles. The second-order valence-corrected chi connectivity index (χ2v) is 7.04. The lowest BCUT2D eigenvalue weighted by atomic mass is 10.1. The van der Waals surface area contributed by atoms with Crippen molar-refractivity contribution in [1.29, 1.82) is 0 Å².